The second kappa shape index (κ2) is 7.41. The van der Waals surface area contributed by atoms with Gasteiger partial charge in [0.15, 0.2) is 6.10 Å². The van der Waals surface area contributed by atoms with Crippen molar-refractivity contribution in [3.05, 3.63) is 65.2 Å². The highest BCUT2D eigenvalue weighted by atomic mass is 16.5. The predicted octanol–water partition coefficient (Wildman–Crippen LogP) is 2.28. The minimum atomic E-state index is -0.965. The van der Waals surface area contributed by atoms with E-state index in [2.05, 4.69) is 5.32 Å². The summed E-state index contributed by atoms with van der Waals surface area (Å²) < 4.78 is 5.19. The van der Waals surface area contributed by atoms with Gasteiger partial charge in [-0.2, -0.15) is 0 Å². The lowest BCUT2D eigenvalue weighted by atomic mass is 10.1. The molecular weight excluding hydrogens is 308 g/mol. The molecule has 0 aliphatic rings. The van der Waals surface area contributed by atoms with Crippen LogP contribution in [-0.4, -0.2) is 23.9 Å². The Kier molecular flexibility index (Phi) is 5.31. The Bertz CT molecular complexity index is 769. The number of benzene rings is 2. The van der Waals surface area contributed by atoms with E-state index in [9.17, 15) is 14.4 Å². The summed E-state index contributed by atoms with van der Waals surface area (Å²) in [6.45, 7) is 3.28. The summed E-state index contributed by atoms with van der Waals surface area (Å²) in [6, 6.07) is 13.1. The first-order valence-electron chi connectivity index (χ1n) is 7.36. The molecule has 0 aliphatic heterocycles. The van der Waals surface area contributed by atoms with Gasteiger partial charge >= 0.3 is 5.97 Å². The number of hydrogen-bond donors (Lipinski definition) is 2. The smallest absolute Gasteiger partial charge is 0.339 e. The fourth-order valence-corrected chi connectivity index (χ4v) is 2.04. The second-order valence-electron chi connectivity index (χ2n) is 5.29. The van der Waals surface area contributed by atoms with Crippen molar-refractivity contribution in [3.8, 4) is 0 Å². The Morgan fingerprint density at radius 3 is 2.25 bits per heavy atom. The maximum Gasteiger partial charge on any atom is 0.339 e. The van der Waals surface area contributed by atoms with E-state index in [1.54, 1.807) is 37.3 Å². The lowest BCUT2D eigenvalue weighted by Crippen LogP contribution is -2.30. The monoisotopic (exact) mass is 326 g/mol. The average Bonchev–Trinajstić information content (AvgIpc) is 2.55. The molecule has 2 aromatic rings. The first-order chi connectivity index (χ1) is 11.4. The van der Waals surface area contributed by atoms with Crippen LogP contribution in [0.1, 0.15) is 33.2 Å². The molecule has 2 rings (SSSR count). The highest BCUT2D eigenvalue weighted by molar-refractivity contribution is 5.98. The molecule has 0 saturated carbocycles. The van der Waals surface area contributed by atoms with E-state index in [1.807, 2.05) is 6.07 Å². The van der Waals surface area contributed by atoms with Gasteiger partial charge in [0, 0.05) is 11.3 Å². The van der Waals surface area contributed by atoms with Gasteiger partial charge in [0.25, 0.3) is 5.91 Å². The van der Waals surface area contributed by atoms with Gasteiger partial charge in [0.05, 0.1) is 5.56 Å². The molecule has 24 heavy (non-hydrogen) atoms. The molecule has 1 atom stereocenters. The number of hydrogen-bond acceptors (Lipinski definition) is 4. The molecule has 0 bridgehead atoms. The number of carbonyl (C=O) groups excluding carboxylic acids is 3. The van der Waals surface area contributed by atoms with Crippen molar-refractivity contribution >= 4 is 23.5 Å². The zero-order valence-electron chi connectivity index (χ0n) is 13.4. The van der Waals surface area contributed by atoms with Crippen molar-refractivity contribution in [1.29, 1.82) is 0 Å². The largest absolute Gasteiger partial charge is 0.449 e. The quantitative estimate of drug-likeness (QED) is 0.823. The number of ether oxygens (including phenoxy) is 1. The summed E-state index contributed by atoms with van der Waals surface area (Å²) in [5.41, 5.74) is 7.16. The van der Waals surface area contributed by atoms with Crippen LogP contribution in [-0.2, 0) is 9.53 Å². The van der Waals surface area contributed by atoms with Gasteiger partial charge in [0.1, 0.15) is 0 Å². The zero-order chi connectivity index (χ0) is 17.7. The number of nitrogens with one attached hydrogen (secondary N) is 1. The normalized spacial score (nSPS) is 11.4. The van der Waals surface area contributed by atoms with Crippen molar-refractivity contribution in [3.63, 3.8) is 0 Å². The molecule has 0 aliphatic carbocycles. The second-order valence-corrected chi connectivity index (χ2v) is 5.29. The van der Waals surface area contributed by atoms with Crippen molar-refractivity contribution in [2.75, 3.05) is 5.32 Å². The number of amides is 2. The summed E-state index contributed by atoms with van der Waals surface area (Å²) in [4.78, 5) is 35.2. The van der Waals surface area contributed by atoms with Gasteiger partial charge in [-0.15, -0.1) is 0 Å². The first-order valence-corrected chi connectivity index (χ1v) is 7.36. The standard InChI is InChI=1S/C18H18N2O4/c1-11-5-3-4-6-15(11)18(23)24-12(2)17(22)20-14-9-7-13(8-10-14)16(19)21/h3-10,12H,1-2H3,(H2,19,21)(H,20,22)/t12-/m1/s1. The van der Waals surface area contributed by atoms with Crippen LogP contribution in [0.25, 0.3) is 0 Å². The van der Waals surface area contributed by atoms with Gasteiger partial charge in [-0.05, 0) is 49.7 Å². The highest BCUT2D eigenvalue weighted by Gasteiger charge is 2.20. The third-order valence-electron chi connectivity index (χ3n) is 3.45. The van der Waals surface area contributed by atoms with Gasteiger partial charge in [-0.25, -0.2) is 4.79 Å². The summed E-state index contributed by atoms with van der Waals surface area (Å²) >= 11 is 0. The van der Waals surface area contributed by atoms with E-state index >= 15 is 0 Å². The Hall–Kier alpha value is -3.15. The van der Waals surface area contributed by atoms with Crippen LogP contribution >= 0.6 is 0 Å². The fourth-order valence-electron chi connectivity index (χ4n) is 2.04. The SMILES string of the molecule is Cc1ccccc1C(=O)O[C@H](C)C(=O)Nc1ccc(C(N)=O)cc1. The molecule has 2 aromatic carbocycles. The Labute approximate surface area is 139 Å². The molecule has 124 valence electrons. The lowest BCUT2D eigenvalue weighted by Gasteiger charge is -2.14. The molecule has 6 nitrogen and oxygen atoms in total. The number of nitrogens with two attached hydrogens (primary N) is 1. The van der Waals surface area contributed by atoms with E-state index in [4.69, 9.17) is 10.5 Å². The van der Waals surface area contributed by atoms with Crippen molar-refractivity contribution in [2.24, 2.45) is 5.73 Å². The van der Waals surface area contributed by atoms with Crippen molar-refractivity contribution in [2.45, 2.75) is 20.0 Å². The summed E-state index contributed by atoms with van der Waals surface area (Å²) in [6.07, 6.45) is -0.965. The molecule has 0 saturated heterocycles. The molecule has 3 N–H and O–H groups in total. The van der Waals surface area contributed by atoms with Crippen LogP contribution < -0.4 is 11.1 Å². The van der Waals surface area contributed by atoms with E-state index in [0.717, 1.165) is 5.56 Å². The number of carbonyl (C=O) groups is 3. The minimum Gasteiger partial charge on any atom is -0.449 e. The van der Waals surface area contributed by atoms with Gasteiger partial charge in [-0.1, -0.05) is 18.2 Å². The fraction of sp³-hybridized carbons (Fsp3) is 0.167. The average molecular weight is 326 g/mol. The van der Waals surface area contributed by atoms with Gasteiger partial charge in [-0.3, -0.25) is 9.59 Å². The van der Waals surface area contributed by atoms with Gasteiger partial charge in [0.2, 0.25) is 5.91 Å². The Morgan fingerprint density at radius 1 is 1.04 bits per heavy atom. The van der Waals surface area contributed by atoms with Crippen LogP contribution in [0.15, 0.2) is 48.5 Å². The van der Waals surface area contributed by atoms with Crippen LogP contribution in [0, 0.1) is 6.92 Å². The lowest BCUT2D eigenvalue weighted by molar-refractivity contribution is -0.123. The molecular formula is C18H18N2O4. The van der Waals surface area contributed by atoms with E-state index < -0.39 is 23.9 Å². The Morgan fingerprint density at radius 2 is 1.67 bits per heavy atom. The molecule has 0 heterocycles. The van der Waals surface area contributed by atoms with Crippen LogP contribution in [0.4, 0.5) is 5.69 Å². The van der Waals surface area contributed by atoms with Crippen molar-refractivity contribution in [1.82, 2.24) is 0 Å². The number of anilines is 1. The van der Waals surface area contributed by atoms with E-state index in [1.165, 1.54) is 19.1 Å². The molecule has 0 fully saturated rings. The zero-order valence-corrected chi connectivity index (χ0v) is 13.4. The van der Waals surface area contributed by atoms with Crippen LogP contribution in [0.3, 0.4) is 0 Å². The van der Waals surface area contributed by atoms with E-state index in [0.29, 0.717) is 16.8 Å². The minimum absolute atomic E-state index is 0.340. The highest BCUT2D eigenvalue weighted by Crippen LogP contribution is 2.12. The van der Waals surface area contributed by atoms with E-state index in [-0.39, 0.29) is 0 Å². The summed E-state index contributed by atoms with van der Waals surface area (Å²) in [7, 11) is 0. The number of primary amides is 1. The molecule has 0 unspecified atom stereocenters. The van der Waals surface area contributed by atoms with Crippen molar-refractivity contribution < 1.29 is 19.1 Å². The Balaban J connectivity index is 1.98. The third kappa shape index (κ3) is 4.19. The van der Waals surface area contributed by atoms with Gasteiger partial charge < -0.3 is 15.8 Å². The molecule has 2 amide bonds. The third-order valence-corrected chi connectivity index (χ3v) is 3.45. The number of esters is 1. The maximum absolute atomic E-state index is 12.1. The summed E-state index contributed by atoms with van der Waals surface area (Å²) in [5, 5.41) is 2.61. The predicted molar refractivity (Wildman–Crippen MR) is 89.6 cm³/mol. The molecule has 0 aromatic heterocycles. The van der Waals surface area contributed by atoms with Crippen LogP contribution in [0.5, 0.6) is 0 Å². The topological polar surface area (TPSA) is 98.5 Å². The first kappa shape index (κ1) is 17.2. The molecule has 0 spiro atoms. The van der Waals surface area contributed by atoms with Crippen LogP contribution in [0.2, 0.25) is 0 Å². The molecule has 0 radical (unpaired) electrons. The summed E-state index contributed by atoms with van der Waals surface area (Å²) in [5.74, 6) is -1.57. The molecule has 6 heteroatoms. The number of rotatable bonds is 5. The number of aryl methyl sites for hydroxylation is 1. The maximum atomic E-state index is 12.1.